The lowest BCUT2D eigenvalue weighted by Gasteiger charge is -2.57. The third kappa shape index (κ3) is 2.27. The molecule has 106 valence electrons. The monoisotopic (exact) mass is 263 g/mol. The summed E-state index contributed by atoms with van der Waals surface area (Å²) in [6.45, 7) is 3.26. The van der Waals surface area contributed by atoms with Gasteiger partial charge in [-0.1, -0.05) is 26.2 Å². The molecule has 0 saturated heterocycles. The van der Waals surface area contributed by atoms with Crippen LogP contribution in [0.15, 0.2) is 12.4 Å². The summed E-state index contributed by atoms with van der Waals surface area (Å²) in [6.07, 6.45) is 12.0. The van der Waals surface area contributed by atoms with Crippen LogP contribution in [0.4, 0.5) is 0 Å². The second-order valence-corrected chi connectivity index (χ2v) is 6.10. The van der Waals surface area contributed by atoms with Crippen molar-refractivity contribution in [3.8, 4) is 5.75 Å². The van der Waals surface area contributed by atoms with E-state index in [1.54, 1.807) is 0 Å². The van der Waals surface area contributed by atoms with Crippen LogP contribution in [-0.4, -0.2) is 28.5 Å². The second-order valence-electron chi connectivity index (χ2n) is 6.10. The first-order valence-electron chi connectivity index (χ1n) is 7.63. The highest BCUT2D eigenvalue weighted by Gasteiger charge is 2.56. The van der Waals surface area contributed by atoms with Crippen LogP contribution in [0.1, 0.15) is 45.4 Å². The minimum absolute atomic E-state index is 0.376. The molecule has 19 heavy (non-hydrogen) atoms. The molecular formula is C15H25N3O. The minimum atomic E-state index is 0.376. The second kappa shape index (κ2) is 5.16. The number of hydrogen-bond donors (Lipinski definition) is 1. The highest BCUT2D eigenvalue weighted by molar-refractivity contribution is 5.17. The number of nitrogens with one attached hydrogen (secondary N) is 1. The Morgan fingerprint density at radius 3 is 2.84 bits per heavy atom. The highest BCUT2D eigenvalue weighted by Crippen LogP contribution is 2.53. The number of hydrogen-bond acceptors (Lipinski definition) is 3. The van der Waals surface area contributed by atoms with Crippen LogP contribution >= 0.6 is 0 Å². The van der Waals surface area contributed by atoms with Gasteiger partial charge in [0.05, 0.1) is 12.4 Å². The number of aromatic nitrogens is 2. The van der Waals surface area contributed by atoms with Crippen molar-refractivity contribution in [1.29, 1.82) is 0 Å². The molecule has 0 amide bonds. The first-order valence-corrected chi connectivity index (χ1v) is 7.63. The molecule has 2 saturated carbocycles. The SMILES string of the molecule is CCNC1CC(Oc2cnn(C)c2)C12CCCCC2. The van der Waals surface area contributed by atoms with E-state index in [-0.39, 0.29) is 0 Å². The first kappa shape index (κ1) is 13.0. The molecule has 4 heteroatoms. The molecule has 2 aliphatic carbocycles. The Balaban J connectivity index is 1.71. The Bertz CT molecular complexity index is 423. The molecule has 4 nitrogen and oxygen atoms in total. The zero-order valence-electron chi connectivity index (χ0n) is 12.1. The lowest BCUT2D eigenvalue weighted by molar-refractivity contribution is -0.102. The third-order valence-corrected chi connectivity index (χ3v) is 4.98. The van der Waals surface area contributed by atoms with Gasteiger partial charge in [0.1, 0.15) is 6.10 Å². The summed E-state index contributed by atoms with van der Waals surface area (Å²) in [4.78, 5) is 0. The molecule has 0 aliphatic heterocycles. The molecule has 1 spiro atoms. The maximum absolute atomic E-state index is 6.22. The Morgan fingerprint density at radius 1 is 1.42 bits per heavy atom. The minimum Gasteiger partial charge on any atom is -0.486 e. The van der Waals surface area contributed by atoms with Gasteiger partial charge in [-0.3, -0.25) is 4.68 Å². The molecule has 0 aromatic carbocycles. The largest absolute Gasteiger partial charge is 0.486 e. The van der Waals surface area contributed by atoms with Crippen molar-refractivity contribution >= 4 is 0 Å². The fourth-order valence-electron chi connectivity index (χ4n) is 3.95. The molecule has 1 aromatic heterocycles. The van der Waals surface area contributed by atoms with Crippen molar-refractivity contribution in [1.82, 2.24) is 15.1 Å². The molecule has 2 unspecified atom stereocenters. The van der Waals surface area contributed by atoms with E-state index in [1.807, 2.05) is 24.1 Å². The molecule has 1 aromatic rings. The van der Waals surface area contributed by atoms with Gasteiger partial charge in [-0.05, 0) is 19.4 Å². The molecule has 2 atom stereocenters. The molecule has 1 N–H and O–H groups in total. The van der Waals surface area contributed by atoms with Crippen LogP contribution < -0.4 is 10.1 Å². The lowest BCUT2D eigenvalue weighted by atomic mass is 9.55. The average molecular weight is 263 g/mol. The smallest absolute Gasteiger partial charge is 0.157 e. The van der Waals surface area contributed by atoms with Crippen LogP contribution in [0.2, 0.25) is 0 Å². The van der Waals surface area contributed by atoms with Crippen molar-refractivity contribution in [3.63, 3.8) is 0 Å². The zero-order valence-corrected chi connectivity index (χ0v) is 12.1. The van der Waals surface area contributed by atoms with E-state index in [9.17, 15) is 0 Å². The maximum Gasteiger partial charge on any atom is 0.157 e. The Hall–Kier alpha value is -1.03. The summed E-state index contributed by atoms with van der Waals surface area (Å²) < 4.78 is 8.03. The number of rotatable bonds is 4. The lowest BCUT2D eigenvalue weighted by Crippen LogP contribution is -2.65. The summed E-state index contributed by atoms with van der Waals surface area (Å²) in [5.74, 6) is 0.924. The molecule has 3 rings (SSSR count). The van der Waals surface area contributed by atoms with Gasteiger partial charge in [-0.2, -0.15) is 5.10 Å². The summed E-state index contributed by atoms with van der Waals surface area (Å²) >= 11 is 0. The Labute approximate surface area is 115 Å². The van der Waals surface area contributed by atoms with Crippen molar-refractivity contribution in [2.75, 3.05) is 6.54 Å². The van der Waals surface area contributed by atoms with E-state index in [1.165, 1.54) is 32.1 Å². The van der Waals surface area contributed by atoms with Crippen LogP contribution in [0, 0.1) is 5.41 Å². The summed E-state index contributed by atoms with van der Waals surface area (Å²) in [5, 5.41) is 7.86. The van der Waals surface area contributed by atoms with Gasteiger partial charge >= 0.3 is 0 Å². The van der Waals surface area contributed by atoms with Gasteiger partial charge in [0.2, 0.25) is 0 Å². The van der Waals surface area contributed by atoms with E-state index in [4.69, 9.17) is 4.74 Å². The van der Waals surface area contributed by atoms with Crippen molar-refractivity contribution < 1.29 is 4.74 Å². The fourth-order valence-corrected chi connectivity index (χ4v) is 3.95. The predicted molar refractivity (Wildman–Crippen MR) is 75.2 cm³/mol. The van der Waals surface area contributed by atoms with Crippen molar-refractivity contribution in [3.05, 3.63) is 12.4 Å². The molecule has 1 heterocycles. The molecular weight excluding hydrogens is 238 g/mol. The van der Waals surface area contributed by atoms with Crippen LogP contribution in [-0.2, 0) is 7.05 Å². The van der Waals surface area contributed by atoms with Gasteiger partial charge in [0.25, 0.3) is 0 Å². The molecule has 0 radical (unpaired) electrons. The molecule has 2 fully saturated rings. The third-order valence-electron chi connectivity index (χ3n) is 4.98. The Kier molecular flexibility index (Phi) is 3.52. The van der Waals surface area contributed by atoms with Gasteiger partial charge in [0, 0.05) is 24.9 Å². The Morgan fingerprint density at radius 2 is 2.21 bits per heavy atom. The summed E-state index contributed by atoms with van der Waals surface area (Å²) in [6, 6.07) is 0.652. The number of ether oxygens (including phenoxy) is 1. The van der Waals surface area contributed by atoms with Crippen molar-refractivity contribution in [2.45, 2.75) is 57.6 Å². The maximum atomic E-state index is 6.22. The highest BCUT2D eigenvalue weighted by atomic mass is 16.5. The number of nitrogens with zero attached hydrogens (tertiary/aromatic N) is 2. The van der Waals surface area contributed by atoms with Gasteiger partial charge in [0.15, 0.2) is 5.75 Å². The van der Waals surface area contributed by atoms with E-state index in [2.05, 4.69) is 17.3 Å². The average Bonchev–Trinajstić information content (AvgIpc) is 2.84. The fraction of sp³-hybridized carbons (Fsp3) is 0.800. The normalized spacial score (nSPS) is 29.2. The van der Waals surface area contributed by atoms with Gasteiger partial charge in [-0.15, -0.1) is 0 Å². The quantitative estimate of drug-likeness (QED) is 0.907. The van der Waals surface area contributed by atoms with Crippen LogP contribution in [0.25, 0.3) is 0 Å². The van der Waals surface area contributed by atoms with Gasteiger partial charge < -0.3 is 10.1 Å². The zero-order chi connectivity index (χ0) is 13.3. The van der Waals surface area contributed by atoms with Crippen LogP contribution in [0.5, 0.6) is 5.75 Å². The molecule has 2 aliphatic rings. The van der Waals surface area contributed by atoms with Crippen LogP contribution in [0.3, 0.4) is 0 Å². The van der Waals surface area contributed by atoms with E-state index >= 15 is 0 Å². The standard InChI is InChI=1S/C15H25N3O/c1-3-16-13-9-14(15(13)7-5-4-6-8-15)19-12-10-17-18(2)11-12/h10-11,13-14,16H,3-9H2,1-2H3. The summed E-state index contributed by atoms with van der Waals surface area (Å²) in [5.41, 5.74) is 0.379. The molecule has 0 bridgehead atoms. The predicted octanol–water partition coefficient (Wildman–Crippen LogP) is 2.50. The topological polar surface area (TPSA) is 39.1 Å². The first-order chi connectivity index (χ1) is 9.24. The van der Waals surface area contributed by atoms with E-state index in [0.717, 1.165) is 18.7 Å². The number of aryl methyl sites for hydroxylation is 1. The van der Waals surface area contributed by atoms with E-state index < -0.39 is 0 Å². The van der Waals surface area contributed by atoms with E-state index in [0.29, 0.717) is 17.6 Å². The van der Waals surface area contributed by atoms with Crippen molar-refractivity contribution in [2.24, 2.45) is 12.5 Å². The van der Waals surface area contributed by atoms with Gasteiger partial charge in [-0.25, -0.2) is 0 Å². The summed E-state index contributed by atoms with van der Waals surface area (Å²) in [7, 11) is 1.94.